The van der Waals surface area contributed by atoms with Crippen molar-refractivity contribution in [3.05, 3.63) is 64.2 Å². The highest BCUT2D eigenvalue weighted by Gasteiger charge is 2.07. The van der Waals surface area contributed by atoms with Crippen molar-refractivity contribution in [2.45, 2.75) is 20.4 Å². The van der Waals surface area contributed by atoms with Crippen molar-refractivity contribution in [3.8, 4) is 0 Å². The molecular formula is C17H20ClN2O+. The number of hydrogen-bond donors (Lipinski definition) is 2. The maximum atomic E-state index is 12.0. The summed E-state index contributed by atoms with van der Waals surface area (Å²) in [5, 5.41) is 5.64. The molecule has 2 rings (SSSR count). The lowest BCUT2D eigenvalue weighted by molar-refractivity contribution is -0.659. The third-order valence-electron chi connectivity index (χ3n) is 3.27. The molecule has 2 aromatic rings. The zero-order chi connectivity index (χ0) is 15.2. The van der Waals surface area contributed by atoms with Crippen LogP contribution in [0.15, 0.2) is 42.5 Å². The number of nitrogens with two attached hydrogens (primary N) is 1. The van der Waals surface area contributed by atoms with Gasteiger partial charge in [0.15, 0.2) is 6.54 Å². The van der Waals surface area contributed by atoms with Crippen LogP contribution in [-0.4, -0.2) is 12.5 Å². The summed E-state index contributed by atoms with van der Waals surface area (Å²) in [6.45, 7) is 5.13. The summed E-state index contributed by atoms with van der Waals surface area (Å²) in [6.07, 6.45) is 0. The van der Waals surface area contributed by atoms with Crippen molar-refractivity contribution < 1.29 is 10.1 Å². The van der Waals surface area contributed by atoms with Crippen LogP contribution in [0.4, 0.5) is 5.69 Å². The van der Waals surface area contributed by atoms with Crippen LogP contribution in [0, 0.1) is 13.8 Å². The lowest BCUT2D eigenvalue weighted by Crippen LogP contribution is -2.84. The molecule has 0 saturated carbocycles. The molecule has 3 N–H and O–H groups in total. The van der Waals surface area contributed by atoms with Gasteiger partial charge in [-0.05, 0) is 43.2 Å². The van der Waals surface area contributed by atoms with Crippen LogP contribution in [0.25, 0.3) is 0 Å². The summed E-state index contributed by atoms with van der Waals surface area (Å²) >= 11 is 5.93. The smallest absolute Gasteiger partial charge is 0.279 e. The van der Waals surface area contributed by atoms with E-state index >= 15 is 0 Å². The standard InChI is InChI=1S/C17H19ClN2O/c1-12-6-7-13(2)16(8-12)20-17(21)11-19-10-14-4-3-5-15(18)9-14/h3-9,19H,10-11H2,1-2H3,(H,20,21)/p+1. The fourth-order valence-corrected chi connectivity index (χ4v) is 2.32. The van der Waals surface area contributed by atoms with Gasteiger partial charge < -0.3 is 10.6 Å². The summed E-state index contributed by atoms with van der Waals surface area (Å²) < 4.78 is 0. The van der Waals surface area contributed by atoms with E-state index in [1.54, 1.807) is 0 Å². The van der Waals surface area contributed by atoms with Gasteiger partial charge in [0, 0.05) is 16.3 Å². The molecular weight excluding hydrogens is 284 g/mol. The second-order valence-electron chi connectivity index (χ2n) is 5.19. The zero-order valence-electron chi connectivity index (χ0n) is 12.3. The first-order valence-electron chi connectivity index (χ1n) is 6.98. The molecule has 0 fully saturated rings. The van der Waals surface area contributed by atoms with Gasteiger partial charge in [-0.15, -0.1) is 0 Å². The molecule has 0 aliphatic heterocycles. The zero-order valence-corrected chi connectivity index (χ0v) is 13.1. The van der Waals surface area contributed by atoms with Crippen LogP contribution in [-0.2, 0) is 11.3 Å². The van der Waals surface area contributed by atoms with Crippen LogP contribution < -0.4 is 10.6 Å². The number of aryl methyl sites for hydroxylation is 2. The Morgan fingerprint density at radius 1 is 1.19 bits per heavy atom. The molecule has 3 nitrogen and oxygen atoms in total. The van der Waals surface area contributed by atoms with E-state index in [2.05, 4.69) is 5.32 Å². The molecule has 0 aliphatic rings. The molecule has 0 radical (unpaired) electrons. The first-order valence-corrected chi connectivity index (χ1v) is 7.35. The molecule has 4 heteroatoms. The van der Waals surface area contributed by atoms with Crippen LogP contribution in [0.5, 0.6) is 0 Å². The minimum atomic E-state index is 0.00530. The van der Waals surface area contributed by atoms with Crippen molar-refractivity contribution in [1.29, 1.82) is 0 Å². The predicted molar refractivity (Wildman–Crippen MR) is 86.5 cm³/mol. The van der Waals surface area contributed by atoms with Crippen LogP contribution in [0.2, 0.25) is 5.02 Å². The quantitative estimate of drug-likeness (QED) is 0.876. The van der Waals surface area contributed by atoms with Gasteiger partial charge in [-0.25, -0.2) is 0 Å². The minimum Gasteiger partial charge on any atom is -0.335 e. The largest absolute Gasteiger partial charge is 0.335 e. The van der Waals surface area contributed by atoms with Gasteiger partial charge in [-0.2, -0.15) is 0 Å². The van der Waals surface area contributed by atoms with Crippen molar-refractivity contribution in [3.63, 3.8) is 0 Å². The third kappa shape index (κ3) is 4.88. The Morgan fingerprint density at radius 2 is 2.00 bits per heavy atom. The Kier molecular flexibility index (Phi) is 5.37. The van der Waals surface area contributed by atoms with Gasteiger partial charge in [0.05, 0.1) is 0 Å². The fourth-order valence-electron chi connectivity index (χ4n) is 2.11. The van der Waals surface area contributed by atoms with Gasteiger partial charge in [0.25, 0.3) is 5.91 Å². The second-order valence-corrected chi connectivity index (χ2v) is 5.63. The molecule has 21 heavy (non-hydrogen) atoms. The first kappa shape index (κ1) is 15.5. The molecule has 0 unspecified atom stereocenters. The predicted octanol–water partition coefficient (Wildman–Crippen LogP) is 2.66. The Morgan fingerprint density at radius 3 is 2.76 bits per heavy atom. The Labute approximate surface area is 130 Å². The topological polar surface area (TPSA) is 45.7 Å². The number of carbonyl (C=O) groups is 1. The normalized spacial score (nSPS) is 10.4. The molecule has 0 aromatic heterocycles. The fraction of sp³-hybridized carbons (Fsp3) is 0.235. The van der Waals surface area contributed by atoms with E-state index in [1.807, 2.05) is 61.6 Å². The van der Waals surface area contributed by atoms with Gasteiger partial charge in [-0.3, -0.25) is 4.79 Å². The van der Waals surface area contributed by atoms with Crippen molar-refractivity contribution >= 4 is 23.2 Å². The number of carbonyl (C=O) groups excluding carboxylic acids is 1. The van der Waals surface area contributed by atoms with E-state index in [4.69, 9.17) is 11.6 Å². The molecule has 0 heterocycles. The Balaban J connectivity index is 1.84. The van der Waals surface area contributed by atoms with E-state index in [-0.39, 0.29) is 5.91 Å². The summed E-state index contributed by atoms with van der Waals surface area (Å²) in [7, 11) is 0. The molecule has 0 saturated heterocycles. The van der Waals surface area contributed by atoms with Gasteiger partial charge >= 0.3 is 0 Å². The van der Waals surface area contributed by atoms with Crippen LogP contribution in [0.3, 0.4) is 0 Å². The van der Waals surface area contributed by atoms with Gasteiger partial charge in [-0.1, -0.05) is 35.9 Å². The first-order chi connectivity index (χ1) is 10.0. The average Bonchev–Trinajstić information content (AvgIpc) is 2.43. The van der Waals surface area contributed by atoms with Crippen molar-refractivity contribution in [2.75, 3.05) is 11.9 Å². The molecule has 0 spiro atoms. The van der Waals surface area contributed by atoms with Crippen LogP contribution >= 0.6 is 11.6 Å². The molecule has 0 bridgehead atoms. The number of amides is 1. The Bertz CT molecular complexity index is 640. The number of quaternary nitrogens is 1. The van der Waals surface area contributed by atoms with E-state index < -0.39 is 0 Å². The summed E-state index contributed by atoms with van der Waals surface area (Å²) in [4.78, 5) is 12.0. The van der Waals surface area contributed by atoms with Gasteiger partial charge in [0.2, 0.25) is 0 Å². The van der Waals surface area contributed by atoms with E-state index in [9.17, 15) is 4.79 Å². The second kappa shape index (κ2) is 7.25. The molecule has 0 aliphatic carbocycles. The summed E-state index contributed by atoms with van der Waals surface area (Å²) in [5.41, 5.74) is 4.21. The number of rotatable bonds is 5. The summed E-state index contributed by atoms with van der Waals surface area (Å²) in [6, 6.07) is 13.7. The van der Waals surface area contributed by atoms with Crippen molar-refractivity contribution in [2.24, 2.45) is 0 Å². The highest BCUT2D eigenvalue weighted by Crippen LogP contribution is 2.15. The lowest BCUT2D eigenvalue weighted by atomic mass is 10.1. The highest BCUT2D eigenvalue weighted by molar-refractivity contribution is 6.30. The number of halogens is 1. The number of hydrogen-bond acceptors (Lipinski definition) is 1. The SMILES string of the molecule is Cc1ccc(C)c(NC(=O)C[NH2+]Cc2cccc(Cl)c2)c1. The molecule has 110 valence electrons. The number of anilines is 1. The monoisotopic (exact) mass is 303 g/mol. The number of benzene rings is 2. The maximum Gasteiger partial charge on any atom is 0.279 e. The lowest BCUT2D eigenvalue weighted by Gasteiger charge is -2.09. The van der Waals surface area contributed by atoms with Crippen LogP contribution in [0.1, 0.15) is 16.7 Å². The minimum absolute atomic E-state index is 0.00530. The Hall–Kier alpha value is -1.84. The number of nitrogens with one attached hydrogen (secondary N) is 1. The molecule has 0 atom stereocenters. The summed E-state index contributed by atoms with van der Waals surface area (Å²) in [5.74, 6) is 0.00530. The molecule has 2 aromatic carbocycles. The average molecular weight is 304 g/mol. The maximum absolute atomic E-state index is 12.0. The van der Waals surface area contributed by atoms with E-state index in [1.165, 1.54) is 0 Å². The molecule has 1 amide bonds. The van der Waals surface area contributed by atoms with Crippen molar-refractivity contribution in [1.82, 2.24) is 0 Å². The van der Waals surface area contributed by atoms with E-state index in [0.29, 0.717) is 6.54 Å². The van der Waals surface area contributed by atoms with Gasteiger partial charge in [0.1, 0.15) is 6.54 Å². The third-order valence-corrected chi connectivity index (χ3v) is 3.50. The van der Waals surface area contributed by atoms with E-state index in [0.717, 1.165) is 33.9 Å². The highest BCUT2D eigenvalue weighted by atomic mass is 35.5.